The first-order chi connectivity index (χ1) is 7.61. The van der Waals surface area contributed by atoms with Gasteiger partial charge in [-0.2, -0.15) is 0 Å². The number of nitrogens with one attached hydrogen (secondary N) is 1. The van der Waals surface area contributed by atoms with Crippen molar-refractivity contribution in [3.05, 3.63) is 34.1 Å². The van der Waals surface area contributed by atoms with Crippen molar-refractivity contribution in [3.63, 3.8) is 0 Å². The van der Waals surface area contributed by atoms with Gasteiger partial charge in [0.25, 0.3) is 0 Å². The Bertz CT molecular complexity index is 424. The minimum Gasteiger partial charge on any atom is -0.446 e. The van der Waals surface area contributed by atoms with Crippen molar-refractivity contribution in [2.75, 3.05) is 7.05 Å². The van der Waals surface area contributed by atoms with Crippen LogP contribution in [0.4, 0.5) is 9.18 Å². The third-order valence-corrected chi connectivity index (χ3v) is 3.21. The second kappa shape index (κ2) is 4.41. The molecule has 2 atom stereocenters. The molecular weight excluding hydrogens is 277 g/mol. The topological polar surface area (TPSA) is 38.3 Å². The Kier molecular flexibility index (Phi) is 3.14. The molecular formula is C11H11BrFNO2. The maximum atomic E-state index is 13.3. The predicted octanol–water partition coefficient (Wildman–Crippen LogP) is 2.80. The van der Waals surface area contributed by atoms with Crippen molar-refractivity contribution >= 4 is 22.0 Å². The van der Waals surface area contributed by atoms with E-state index in [0.717, 1.165) is 12.0 Å². The van der Waals surface area contributed by atoms with Gasteiger partial charge < -0.3 is 10.1 Å². The van der Waals surface area contributed by atoms with Crippen LogP contribution in [0.1, 0.15) is 17.9 Å². The minimum absolute atomic E-state index is 0.125. The molecule has 1 saturated carbocycles. The minimum atomic E-state index is -0.440. The van der Waals surface area contributed by atoms with Gasteiger partial charge in [0.15, 0.2) is 0 Å². The Labute approximate surface area is 101 Å². The first kappa shape index (κ1) is 11.4. The third kappa shape index (κ3) is 2.35. The number of rotatable bonds is 2. The number of carbonyl (C=O) groups excluding carboxylic acids is 1. The highest BCUT2D eigenvalue weighted by molar-refractivity contribution is 9.10. The van der Waals surface area contributed by atoms with E-state index >= 15 is 0 Å². The summed E-state index contributed by atoms with van der Waals surface area (Å²) in [5, 5.41) is 2.39. The summed E-state index contributed by atoms with van der Waals surface area (Å²) in [6, 6.07) is 4.98. The number of halogens is 2. The lowest BCUT2D eigenvalue weighted by Crippen LogP contribution is -2.20. The van der Waals surface area contributed by atoms with Crippen molar-refractivity contribution in [2.45, 2.75) is 18.4 Å². The summed E-state index contributed by atoms with van der Waals surface area (Å²) in [5.41, 5.74) is 0.870. The Balaban J connectivity index is 2.00. The molecule has 5 heteroatoms. The molecule has 2 rings (SSSR count). The summed E-state index contributed by atoms with van der Waals surface area (Å²) in [5.74, 6) is -0.164. The summed E-state index contributed by atoms with van der Waals surface area (Å²) < 4.78 is 18.8. The molecule has 0 heterocycles. The summed E-state index contributed by atoms with van der Waals surface area (Å²) in [6.45, 7) is 0. The summed E-state index contributed by atoms with van der Waals surface area (Å²) >= 11 is 3.10. The molecule has 0 aliphatic heterocycles. The fraction of sp³-hybridized carbons (Fsp3) is 0.364. The molecule has 0 unspecified atom stereocenters. The second-order valence-corrected chi connectivity index (χ2v) is 4.56. The SMILES string of the molecule is CNC(=O)O[C@H]1C[C@@H]1c1ccc(Br)c(F)c1. The first-order valence-corrected chi connectivity index (χ1v) is 5.74. The lowest BCUT2D eigenvalue weighted by molar-refractivity contribution is 0.139. The standard InChI is InChI=1S/C11H11BrFNO2/c1-14-11(15)16-10-5-7(10)6-2-3-8(12)9(13)4-6/h2-4,7,10H,5H2,1H3,(H,14,15)/t7-,10+/m1/s1. The lowest BCUT2D eigenvalue weighted by atomic mass is 10.1. The molecule has 0 aromatic heterocycles. The molecule has 1 fully saturated rings. The zero-order chi connectivity index (χ0) is 11.7. The second-order valence-electron chi connectivity index (χ2n) is 3.71. The van der Waals surface area contributed by atoms with Gasteiger partial charge in [-0.15, -0.1) is 0 Å². The normalized spacial score (nSPS) is 22.7. The van der Waals surface area contributed by atoms with E-state index in [2.05, 4.69) is 21.2 Å². The monoisotopic (exact) mass is 287 g/mol. The van der Waals surface area contributed by atoms with E-state index in [4.69, 9.17) is 4.74 Å². The van der Waals surface area contributed by atoms with E-state index < -0.39 is 6.09 Å². The molecule has 86 valence electrons. The Morgan fingerprint density at radius 1 is 1.62 bits per heavy atom. The van der Waals surface area contributed by atoms with Crippen LogP contribution in [0.15, 0.2) is 22.7 Å². The Hall–Kier alpha value is -1.10. The average Bonchev–Trinajstić information content (AvgIpc) is 3.01. The van der Waals surface area contributed by atoms with Crippen LogP contribution in [0.3, 0.4) is 0 Å². The van der Waals surface area contributed by atoms with Gasteiger partial charge in [-0.05, 0) is 40.0 Å². The highest BCUT2D eigenvalue weighted by atomic mass is 79.9. The first-order valence-electron chi connectivity index (χ1n) is 4.95. The molecule has 0 spiro atoms. The van der Waals surface area contributed by atoms with Gasteiger partial charge in [-0.1, -0.05) is 6.07 Å². The predicted molar refractivity (Wildman–Crippen MR) is 60.8 cm³/mol. The van der Waals surface area contributed by atoms with Gasteiger partial charge in [0.2, 0.25) is 0 Å². The van der Waals surface area contributed by atoms with Crippen LogP contribution < -0.4 is 5.32 Å². The molecule has 1 amide bonds. The van der Waals surface area contributed by atoms with Crippen LogP contribution in [0.25, 0.3) is 0 Å². The maximum absolute atomic E-state index is 13.3. The molecule has 1 aliphatic rings. The fourth-order valence-electron chi connectivity index (χ4n) is 1.59. The number of carbonyl (C=O) groups is 1. The fourth-order valence-corrected chi connectivity index (χ4v) is 1.84. The van der Waals surface area contributed by atoms with Gasteiger partial charge in [0.1, 0.15) is 11.9 Å². The van der Waals surface area contributed by atoms with Crippen LogP contribution in [-0.4, -0.2) is 19.2 Å². The highest BCUT2D eigenvalue weighted by Gasteiger charge is 2.42. The Morgan fingerprint density at radius 3 is 3.00 bits per heavy atom. The lowest BCUT2D eigenvalue weighted by Gasteiger charge is -2.04. The number of benzene rings is 1. The highest BCUT2D eigenvalue weighted by Crippen LogP contribution is 2.43. The molecule has 0 saturated heterocycles. The molecule has 1 N–H and O–H groups in total. The zero-order valence-corrected chi connectivity index (χ0v) is 10.3. The Morgan fingerprint density at radius 2 is 2.38 bits per heavy atom. The smallest absolute Gasteiger partial charge is 0.407 e. The van der Waals surface area contributed by atoms with E-state index in [1.54, 1.807) is 6.07 Å². The molecule has 1 aliphatic carbocycles. The van der Waals surface area contributed by atoms with E-state index in [-0.39, 0.29) is 17.8 Å². The van der Waals surface area contributed by atoms with Crippen molar-refractivity contribution in [1.82, 2.24) is 5.32 Å². The van der Waals surface area contributed by atoms with Gasteiger partial charge >= 0.3 is 6.09 Å². The quantitative estimate of drug-likeness (QED) is 0.908. The number of amides is 1. The van der Waals surface area contributed by atoms with Crippen LogP contribution in [0.5, 0.6) is 0 Å². The number of alkyl carbamates (subject to hydrolysis) is 1. The molecule has 0 radical (unpaired) electrons. The summed E-state index contributed by atoms with van der Waals surface area (Å²) in [4.78, 5) is 10.9. The van der Waals surface area contributed by atoms with E-state index in [0.29, 0.717) is 4.47 Å². The van der Waals surface area contributed by atoms with Gasteiger partial charge in [0, 0.05) is 13.0 Å². The van der Waals surface area contributed by atoms with Crippen LogP contribution in [-0.2, 0) is 4.74 Å². The van der Waals surface area contributed by atoms with Gasteiger partial charge in [-0.25, -0.2) is 9.18 Å². The van der Waals surface area contributed by atoms with E-state index in [1.807, 2.05) is 6.07 Å². The van der Waals surface area contributed by atoms with Gasteiger partial charge in [0.05, 0.1) is 4.47 Å². The molecule has 16 heavy (non-hydrogen) atoms. The molecule has 1 aromatic rings. The average molecular weight is 288 g/mol. The molecule has 3 nitrogen and oxygen atoms in total. The zero-order valence-electron chi connectivity index (χ0n) is 8.67. The summed E-state index contributed by atoms with van der Waals surface area (Å²) in [6.07, 6.45) is 0.194. The number of ether oxygens (including phenoxy) is 1. The van der Waals surface area contributed by atoms with Crippen LogP contribution in [0.2, 0.25) is 0 Å². The number of hydrogen-bond donors (Lipinski definition) is 1. The summed E-state index contributed by atoms with van der Waals surface area (Å²) in [7, 11) is 1.51. The number of hydrogen-bond acceptors (Lipinski definition) is 2. The largest absolute Gasteiger partial charge is 0.446 e. The van der Waals surface area contributed by atoms with Crippen LogP contribution in [0, 0.1) is 5.82 Å². The van der Waals surface area contributed by atoms with Crippen molar-refractivity contribution in [3.8, 4) is 0 Å². The van der Waals surface area contributed by atoms with Crippen molar-refractivity contribution in [2.24, 2.45) is 0 Å². The van der Waals surface area contributed by atoms with Gasteiger partial charge in [-0.3, -0.25) is 0 Å². The molecule has 0 bridgehead atoms. The third-order valence-electron chi connectivity index (χ3n) is 2.57. The van der Waals surface area contributed by atoms with Crippen LogP contribution >= 0.6 is 15.9 Å². The van der Waals surface area contributed by atoms with Crippen molar-refractivity contribution in [1.29, 1.82) is 0 Å². The van der Waals surface area contributed by atoms with E-state index in [1.165, 1.54) is 13.1 Å². The molecule has 1 aromatic carbocycles. The maximum Gasteiger partial charge on any atom is 0.407 e. The van der Waals surface area contributed by atoms with E-state index in [9.17, 15) is 9.18 Å². The van der Waals surface area contributed by atoms with Crippen molar-refractivity contribution < 1.29 is 13.9 Å².